The van der Waals surface area contributed by atoms with E-state index in [1.165, 1.54) is 13.5 Å². The maximum Gasteiger partial charge on any atom is 0.259 e. The lowest BCUT2D eigenvalue weighted by Crippen LogP contribution is -2.40. The molecule has 0 aromatic heterocycles. The van der Waals surface area contributed by atoms with Gasteiger partial charge in [0.05, 0.1) is 19.8 Å². The van der Waals surface area contributed by atoms with Crippen LogP contribution in [-0.4, -0.2) is 25.9 Å². The van der Waals surface area contributed by atoms with Crippen LogP contribution in [0.25, 0.3) is 0 Å². The zero-order valence-corrected chi connectivity index (χ0v) is 15.5. The van der Waals surface area contributed by atoms with Crippen LogP contribution in [0.2, 0.25) is 0 Å². The lowest BCUT2D eigenvalue weighted by atomic mass is 9.94. The molecule has 2 aromatic carbocycles. The fourth-order valence-electron chi connectivity index (χ4n) is 3.73. The third kappa shape index (κ3) is 3.27. The van der Waals surface area contributed by atoms with Crippen molar-refractivity contribution >= 4 is 11.6 Å². The second kappa shape index (κ2) is 7.02. The molecule has 1 aliphatic carbocycles. The van der Waals surface area contributed by atoms with E-state index in [0.29, 0.717) is 28.5 Å². The summed E-state index contributed by atoms with van der Waals surface area (Å²) in [4.78, 5) is 12.7. The zero-order chi connectivity index (χ0) is 18.9. The fraction of sp³-hybridized carbons (Fsp3) is 0.381. The molecule has 1 N–H and O–H groups in total. The molecule has 6 heteroatoms. The number of methoxy groups -OCH3 is 2. The van der Waals surface area contributed by atoms with Gasteiger partial charge in [0.1, 0.15) is 0 Å². The van der Waals surface area contributed by atoms with Crippen molar-refractivity contribution in [2.75, 3.05) is 19.5 Å². The van der Waals surface area contributed by atoms with Crippen LogP contribution >= 0.6 is 0 Å². The molecule has 0 atom stereocenters. The van der Waals surface area contributed by atoms with E-state index in [1.54, 1.807) is 25.3 Å². The molecule has 0 unspecified atom stereocenters. The summed E-state index contributed by atoms with van der Waals surface area (Å²) < 4.78 is 22.8. The van der Waals surface area contributed by atoms with Gasteiger partial charge in [0.25, 0.3) is 11.7 Å². The number of para-hydroxylation sites is 1. The van der Waals surface area contributed by atoms with Crippen molar-refractivity contribution in [3.63, 3.8) is 0 Å². The molecule has 27 heavy (non-hydrogen) atoms. The van der Waals surface area contributed by atoms with Crippen LogP contribution < -0.4 is 24.3 Å². The first-order valence-corrected chi connectivity index (χ1v) is 9.18. The fourth-order valence-corrected chi connectivity index (χ4v) is 3.73. The third-order valence-electron chi connectivity index (χ3n) is 5.06. The Labute approximate surface area is 158 Å². The van der Waals surface area contributed by atoms with Crippen LogP contribution in [-0.2, 0) is 0 Å². The third-order valence-corrected chi connectivity index (χ3v) is 5.06. The number of hydrogen-bond donors (Lipinski definition) is 1. The molecular formula is C21H23NO5. The van der Waals surface area contributed by atoms with Crippen molar-refractivity contribution in [3.05, 3.63) is 42.0 Å². The lowest BCUT2D eigenvalue weighted by Gasteiger charge is -2.31. The van der Waals surface area contributed by atoms with Crippen molar-refractivity contribution in [2.45, 2.75) is 37.9 Å². The number of rotatable bonds is 4. The Hall–Kier alpha value is -2.89. The second-order valence-corrected chi connectivity index (χ2v) is 6.83. The van der Waals surface area contributed by atoms with Gasteiger partial charge in [-0.3, -0.25) is 4.79 Å². The maximum absolute atomic E-state index is 12.7. The number of carbonyl (C=O) groups is 1. The molecule has 4 rings (SSSR count). The molecule has 1 amide bonds. The average Bonchev–Trinajstić information content (AvgIpc) is 3.04. The van der Waals surface area contributed by atoms with Crippen LogP contribution in [0.1, 0.15) is 42.5 Å². The first kappa shape index (κ1) is 17.5. The highest BCUT2D eigenvalue weighted by atomic mass is 16.7. The summed E-state index contributed by atoms with van der Waals surface area (Å²) in [5, 5.41) is 2.90. The van der Waals surface area contributed by atoms with Gasteiger partial charge in [0, 0.05) is 24.6 Å². The summed E-state index contributed by atoms with van der Waals surface area (Å²) in [6, 6.07) is 10.7. The molecule has 1 heterocycles. The number of benzene rings is 2. The number of carbonyl (C=O) groups excluding carboxylic acids is 1. The molecule has 1 aliphatic heterocycles. The van der Waals surface area contributed by atoms with E-state index in [2.05, 4.69) is 5.32 Å². The molecule has 1 fully saturated rings. The van der Waals surface area contributed by atoms with Crippen molar-refractivity contribution in [2.24, 2.45) is 0 Å². The van der Waals surface area contributed by atoms with E-state index < -0.39 is 5.79 Å². The summed E-state index contributed by atoms with van der Waals surface area (Å²) in [5.74, 6) is 1.51. The van der Waals surface area contributed by atoms with Crippen LogP contribution in [0.15, 0.2) is 36.4 Å². The SMILES string of the molecule is COc1cccc(C(=O)Nc2ccc3c(c2)OC2(CCCCC2)O3)c1OC. The summed E-state index contributed by atoms with van der Waals surface area (Å²) in [5.41, 5.74) is 1.04. The Morgan fingerprint density at radius 1 is 1.00 bits per heavy atom. The molecule has 0 saturated heterocycles. The molecular weight excluding hydrogens is 346 g/mol. The number of anilines is 1. The first-order chi connectivity index (χ1) is 13.1. The predicted molar refractivity (Wildman–Crippen MR) is 101 cm³/mol. The van der Waals surface area contributed by atoms with E-state index in [4.69, 9.17) is 18.9 Å². The monoisotopic (exact) mass is 369 g/mol. The van der Waals surface area contributed by atoms with Gasteiger partial charge in [0.2, 0.25) is 0 Å². The normalized spacial score (nSPS) is 16.8. The number of amides is 1. The van der Waals surface area contributed by atoms with Gasteiger partial charge in [-0.1, -0.05) is 12.5 Å². The van der Waals surface area contributed by atoms with Gasteiger partial charge in [0.15, 0.2) is 23.0 Å². The molecule has 6 nitrogen and oxygen atoms in total. The van der Waals surface area contributed by atoms with Crippen LogP contribution in [0, 0.1) is 0 Å². The van der Waals surface area contributed by atoms with E-state index in [-0.39, 0.29) is 5.91 Å². The summed E-state index contributed by atoms with van der Waals surface area (Å²) in [6.45, 7) is 0. The molecule has 0 bridgehead atoms. The van der Waals surface area contributed by atoms with Crippen LogP contribution in [0.5, 0.6) is 23.0 Å². The quantitative estimate of drug-likeness (QED) is 0.866. The van der Waals surface area contributed by atoms with Gasteiger partial charge < -0.3 is 24.3 Å². The predicted octanol–water partition coefficient (Wildman–Crippen LogP) is 4.39. The zero-order valence-electron chi connectivity index (χ0n) is 15.5. The van der Waals surface area contributed by atoms with Gasteiger partial charge in [-0.2, -0.15) is 0 Å². The smallest absolute Gasteiger partial charge is 0.259 e. The largest absolute Gasteiger partial charge is 0.493 e. The Morgan fingerprint density at radius 3 is 2.52 bits per heavy atom. The number of fused-ring (bicyclic) bond motifs is 1. The molecule has 2 aromatic rings. The van der Waals surface area contributed by atoms with Gasteiger partial charge >= 0.3 is 0 Å². The minimum absolute atomic E-state index is 0.281. The Morgan fingerprint density at radius 2 is 1.78 bits per heavy atom. The van der Waals surface area contributed by atoms with E-state index in [0.717, 1.165) is 31.4 Å². The van der Waals surface area contributed by atoms with E-state index in [1.807, 2.05) is 18.2 Å². The highest BCUT2D eigenvalue weighted by molar-refractivity contribution is 6.06. The lowest BCUT2D eigenvalue weighted by molar-refractivity contribution is -0.105. The Bertz CT molecular complexity index is 858. The van der Waals surface area contributed by atoms with Crippen molar-refractivity contribution in [1.82, 2.24) is 0 Å². The minimum atomic E-state index is -0.529. The second-order valence-electron chi connectivity index (χ2n) is 6.83. The topological polar surface area (TPSA) is 66.0 Å². The van der Waals surface area contributed by atoms with Gasteiger partial charge in [-0.25, -0.2) is 0 Å². The van der Waals surface area contributed by atoms with Crippen molar-refractivity contribution in [3.8, 4) is 23.0 Å². The number of ether oxygens (including phenoxy) is 4. The Balaban J connectivity index is 1.54. The van der Waals surface area contributed by atoms with E-state index >= 15 is 0 Å². The molecule has 1 spiro atoms. The standard InChI is InChI=1S/C21H23NO5/c1-24-17-8-6-7-15(19(17)25-2)20(23)22-14-9-10-16-18(13-14)27-21(26-16)11-4-3-5-12-21/h6-10,13H,3-5,11-12H2,1-2H3,(H,22,23). The summed E-state index contributed by atoms with van der Waals surface area (Å²) in [7, 11) is 3.05. The Kier molecular flexibility index (Phi) is 4.56. The average molecular weight is 369 g/mol. The maximum atomic E-state index is 12.7. The summed E-state index contributed by atoms with van der Waals surface area (Å²) in [6.07, 6.45) is 5.21. The molecule has 1 saturated carbocycles. The first-order valence-electron chi connectivity index (χ1n) is 9.18. The summed E-state index contributed by atoms with van der Waals surface area (Å²) >= 11 is 0. The molecule has 0 radical (unpaired) electrons. The minimum Gasteiger partial charge on any atom is -0.493 e. The van der Waals surface area contributed by atoms with Crippen molar-refractivity contribution in [1.29, 1.82) is 0 Å². The molecule has 2 aliphatic rings. The molecule has 142 valence electrons. The van der Waals surface area contributed by atoms with Crippen LogP contribution in [0.4, 0.5) is 5.69 Å². The highest BCUT2D eigenvalue weighted by Gasteiger charge is 2.42. The number of hydrogen-bond acceptors (Lipinski definition) is 5. The van der Waals surface area contributed by atoms with Gasteiger partial charge in [-0.15, -0.1) is 0 Å². The van der Waals surface area contributed by atoms with Gasteiger partial charge in [-0.05, 0) is 37.1 Å². The number of nitrogens with one attached hydrogen (secondary N) is 1. The van der Waals surface area contributed by atoms with E-state index in [9.17, 15) is 4.79 Å². The van der Waals surface area contributed by atoms with Crippen LogP contribution in [0.3, 0.4) is 0 Å². The van der Waals surface area contributed by atoms with Crippen molar-refractivity contribution < 1.29 is 23.7 Å². The highest BCUT2D eigenvalue weighted by Crippen LogP contribution is 2.46.